The minimum absolute atomic E-state index is 0.891. The molecule has 1 aromatic rings. The fraction of sp³-hybridized carbons (Fsp3) is 0.625. The molecule has 0 heterocycles. The minimum Gasteiger partial charge on any atom is -0.316 e. The highest BCUT2D eigenvalue weighted by atomic mass is 15.2. The summed E-state index contributed by atoms with van der Waals surface area (Å²) >= 11 is 0. The Morgan fingerprint density at radius 3 is 2.28 bits per heavy atom. The van der Waals surface area contributed by atoms with Crippen molar-refractivity contribution in [1.82, 2.24) is 10.2 Å². The zero-order valence-electron chi connectivity index (χ0n) is 11.4. The Balaban J connectivity index is 1.58. The van der Waals surface area contributed by atoms with Crippen LogP contribution in [0.1, 0.15) is 36.8 Å². The van der Waals surface area contributed by atoms with Gasteiger partial charge in [-0.25, -0.2) is 0 Å². The van der Waals surface area contributed by atoms with Gasteiger partial charge >= 0.3 is 0 Å². The average Bonchev–Trinajstić information content (AvgIpc) is 3.25. The molecule has 1 N–H and O–H groups in total. The highest BCUT2D eigenvalue weighted by molar-refractivity contribution is 5.22. The molecule has 0 saturated heterocycles. The molecule has 0 amide bonds. The number of nitrogens with one attached hydrogen (secondary N) is 1. The molecule has 0 aromatic heterocycles. The van der Waals surface area contributed by atoms with Gasteiger partial charge in [0.05, 0.1) is 0 Å². The molecule has 1 aromatic carbocycles. The van der Waals surface area contributed by atoms with E-state index >= 15 is 0 Å². The second-order valence-corrected chi connectivity index (χ2v) is 5.95. The van der Waals surface area contributed by atoms with E-state index in [9.17, 15) is 0 Å². The van der Waals surface area contributed by atoms with Gasteiger partial charge in [-0.3, -0.25) is 4.90 Å². The van der Waals surface area contributed by atoms with Gasteiger partial charge in [-0.15, -0.1) is 0 Å². The maximum Gasteiger partial charge on any atom is 0.0236 e. The van der Waals surface area contributed by atoms with E-state index in [1.54, 1.807) is 0 Å². The molecule has 2 fully saturated rings. The summed E-state index contributed by atoms with van der Waals surface area (Å²) in [7, 11) is 2.00. The van der Waals surface area contributed by atoms with Crippen molar-refractivity contribution in [3.05, 3.63) is 35.4 Å². The minimum atomic E-state index is 0.891. The summed E-state index contributed by atoms with van der Waals surface area (Å²) in [5, 5.41) is 3.20. The number of hydrogen-bond donors (Lipinski definition) is 1. The van der Waals surface area contributed by atoms with Gasteiger partial charge in [-0.2, -0.15) is 0 Å². The molecule has 0 spiro atoms. The van der Waals surface area contributed by atoms with Crippen molar-refractivity contribution in [2.24, 2.45) is 5.92 Å². The Kier molecular flexibility index (Phi) is 3.67. The third-order valence-corrected chi connectivity index (χ3v) is 4.04. The van der Waals surface area contributed by atoms with Crippen molar-refractivity contribution in [2.75, 3.05) is 13.6 Å². The lowest BCUT2D eigenvalue weighted by Crippen LogP contribution is -2.27. The monoisotopic (exact) mass is 244 g/mol. The van der Waals surface area contributed by atoms with Crippen molar-refractivity contribution in [3.63, 3.8) is 0 Å². The number of rotatable bonds is 7. The van der Waals surface area contributed by atoms with Crippen molar-refractivity contribution < 1.29 is 0 Å². The number of nitrogens with zero attached hydrogens (tertiary/aromatic N) is 1. The maximum absolute atomic E-state index is 3.20. The van der Waals surface area contributed by atoms with Gasteiger partial charge in [0.25, 0.3) is 0 Å². The Labute approximate surface area is 110 Å². The molecule has 3 rings (SSSR count). The normalized spacial score (nSPS) is 19.4. The van der Waals surface area contributed by atoms with Crippen molar-refractivity contribution in [2.45, 2.75) is 44.8 Å². The predicted molar refractivity (Wildman–Crippen MR) is 75.4 cm³/mol. The molecule has 98 valence electrons. The fourth-order valence-corrected chi connectivity index (χ4v) is 2.62. The first-order chi connectivity index (χ1) is 8.85. The van der Waals surface area contributed by atoms with Crippen LogP contribution in [0.15, 0.2) is 24.3 Å². The molecular formula is C16H24N2. The van der Waals surface area contributed by atoms with Crippen LogP contribution in [0.2, 0.25) is 0 Å². The van der Waals surface area contributed by atoms with Crippen LogP contribution in [-0.2, 0) is 13.1 Å². The Bertz CT molecular complexity index is 377. The highest BCUT2D eigenvalue weighted by Gasteiger charge is 2.33. The molecule has 2 heteroatoms. The van der Waals surface area contributed by atoms with Crippen molar-refractivity contribution >= 4 is 0 Å². The van der Waals surface area contributed by atoms with Gasteiger partial charge in [0, 0.05) is 25.7 Å². The third-order valence-electron chi connectivity index (χ3n) is 4.04. The quantitative estimate of drug-likeness (QED) is 0.793. The van der Waals surface area contributed by atoms with Crippen LogP contribution in [-0.4, -0.2) is 24.5 Å². The lowest BCUT2D eigenvalue weighted by atomic mass is 10.1. The Morgan fingerprint density at radius 2 is 1.72 bits per heavy atom. The first kappa shape index (κ1) is 12.2. The molecule has 2 aliphatic carbocycles. The summed E-state index contributed by atoms with van der Waals surface area (Å²) in [6.45, 7) is 3.46. The van der Waals surface area contributed by atoms with E-state index in [1.807, 2.05) is 7.05 Å². The Hall–Kier alpha value is -0.860. The molecule has 0 unspecified atom stereocenters. The first-order valence-electron chi connectivity index (χ1n) is 7.31. The zero-order chi connectivity index (χ0) is 12.4. The first-order valence-corrected chi connectivity index (χ1v) is 7.31. The Morgan fingerprint density at radius 1 is 1.06 bits per heavy atom. The topological polar surface area (TPSA) is 15.3 Å². The predicted octanol–water partition coefficient (Wildman–Crippen LogP) is 2.78. The number of benzene rings is 1. The van der Waals surface area contributed by atoms with Gasteiger partial charge in [-0.05, 0) is 49.8 Å². The molecule has 0 atom stereocenters. The summed E-state index contributed by atoms with van der Waals surface area (Å²) in [6.07, 6.45) is 5.77. The number of hydrogen-bond acceptors (Lipinski definition) is 2. The van der Waals surface area contributed by atoms with Crippen LogP contribution in [0.5, 0.6) is 0 Å². The lowest BCUT2D eigenvalue weighted by molar-refractivity contribution is 0.244. The fourth-order valence-electron chi connectivity index (χ4n) is 2.62. The summed E-state index contributed by atoms with van der Waals surface area (Å²) in [4.78, 5) is 2.71. The molecule has 0 bridgehead atoms. The van der Waals surface area contributed by atoms with Crippen LogP contribution in [0.3, 0.4) is 0 Å². The summed E-state index contributed by atoms with van der Waals surface area (Å²) < 4.78 is 0. The van der Waals surface area contributed by atoms with Gasteiger partial charge in [0.1, 0.15) is 0 Å². The van der Waals surface area contributed by atoms with Crippen LogP contribution in [0.4, 0.5) is 0 Å². The maximum atomic E-state index is 3.20. The SMILES string of the molecule is CNCc1ccc(CN(CC2CC2)C2CC2)cc1. The van der Waals surface area contributed by atoms with Crippen LogP contribution in [0, 0.1) is 5.92 Å². The van der Waals surface area contributed by atoms with Gasteiger partial charge in [0.2, 0.25) is 0 Å². The second-order valence-electron chi connectivity index (χ2n) is 5.95. The van der Waals surface area contributed by atoms with E-state index in [2.05, 4.69) is 34.5 Å². The van der Waals surface area contributed by atoms with E-state index in [-0.39, 0.29) is 0 Å². The van der Waals surface area contributed by atoms with E-state index in [0.717, 1.165) is 25.0 Å². The summed E-state index contributed by atoms with van der Waals surface area (Å²) in [6, 6.07) is 10.0. The van der Waals surface area contributed by atoms with Gasteiger partial charge < -0.3 is 5.32 Å². The molecular weight excluding hydrogens is 220 g/mol. The van der Waals surface area contributed by atoms with E-state index in [1.165, 1.54) is 43.4 Å². The summed E-state index contributed by atoms with van der Waals surface area (Å²) in [5.41, 5.74) is 2.85. The average molecular weight is 244 g/mol. The standard InChI is InChI=1S/C16H24N2/c1-17-10-13-2-4-14(5-3-13)11-18(16-8-9-16)12-15-6-7-15/h2-5,15-17H,6-12H2,1H3. The molecule has 2 nitrogen and oxygen atoms in total. The van der Waals surface area contributed by atoms with Crippen LogP contribution in [0.25, 0.3) is 0 Å². The summed E-state index contributed by atoms with van der Waals surface area (Å²) in [5.74, 6) is 1.01. The molecule has 2 saturated carbocycles. The highest BCUT2D eigenvalue weighted by Crippen LogP contribution is 2.35. The van der Waals surface area contributed by atoms with Gasteiger partial charge in [0.15, 0.2) is 0 Å². The lowest BCUT2D eigenvalue weighted by Gasteiger charge is -2.22. The molecule has 0 aliphatic heterocycles. The van der Waals surface area contributed by atoms with Gasteiger partial charge in [-0.1, -0.05) is 24.3 Å². The van der Waals surface area contributed by atoms with Crippen molar-refractivity contribution in [1.29, 1.82) is 0 Å². The van der Waals surface area contributed by atoms with Crippen LogP contribution >= 0.6 is 0 Å². The van der Waals surface area contributed by atoms with Crippen LogP contribution < -0.4 is 5.32 Å². The van der Waals surface area contributed by atoms with Crippen molar-refractivity contribution in [3.8, 4) is 0 Å². The third kappa shape index (κ3) is 3.33. The van der Waals surface area contributed by atoms with E-state index < -0.39 is 0 Å². The largest absolute Gasteiger partial charge is 0.316 e. The zero-order valence-corrected chi connectivity index (χ0v) is 11.4. The molecule has 2 aliphatic rings. The molecule has 0 radical (unpaired) electrons. The molecule has 18 heavy (non-hydrogen) atoms. The second kappa shape index (κ2) is 5.41. The smallest absolute Gasteiger partial charge is 0.0236 e. The van der Waals surface area contributed by atoms with E-state index in [0.29, 0.717) is 0 Å². The van der Waals surface area contributed by atoms with E-state index in [4.69, 9.17) is 0 Å².